The van der Waals surface area contributed by atoms with E-state index in [1.807, 2.05) is 0 Å². The average molecular weight is 427 g/mol. The lowest BCUT2D eigenvalue weighted by Crippen LogP contribution is -2.21. The van der Waals surface area contributed by atoms with E-state index in [1.165, 1.54) is 48.1 Å². The van der Waals surface area contributed by atoms with Crippen LogP contribution in [0.5, 0.6) is 5.75 Å². The molecule has 1 aliphatic rings. The Labute approximate surface area is 178 Å². The maximum absolute atomic E-state index is 14.6. The first-order chi connectivity index (χ1) is 14.8. The second kappa shape index (κ2) is 8.13. The Morgan fingerprint density at radius 1 is 1.13 bits per heavy atom. The molecular weight excluding hydrogens is 404 g/mol. The van der Waals surface area contributed by atoms with E-state index in [0.29, 0.717) is 16.6 Å². The number of carbonyl (C=O) groups is 2. The van der Waals surface area contributed by atoms with Crippen molar-refractivity contribution in [1.29, 1.82) is 0 Å². The van der Waals surface area contributed by atoms with E-state index in [4.69, 9.17) is 4.74 Å². The van der Waals surface area contributed by atoms with Crippen LogP contribution in [-0.4, -0.2) is 28.7 Å². The van der Waals surface area contributed by atoms with Crippen molar-refractivity contribution >= 4 is 22.8 Å². The SMILES string of the molecule is COc1cc2c(C(C(=O)O)C3CCCC3)c(C)n(C(=O)c3ccc(F)cc3)c2cc1F. The van der Waals surface area contributed by atoms with Crippen LogP contribution in [0.25, 0.3) is 10.9 Å². The number of halogens is 2. The molecule has 4 rings (SSSR count). The zero-order valence-electron chi connectivity index (χ0n) is 17.3. The van der Waals surface area contributed by atoms with E-state index in [2.05, 4.69) is 0 Å². The smallest absolute Gasteiger partial charge is 0.311 e. The van der Waals surface area contributed by atoms with Gasteiger partial charge in [0.25, 0.3) is 5.91 Å². The molecule has 1 fully saturated rings. The Bertz CT molecular complexity index is 1160. The summed E-state index contributed by atoms with van der Waals surface area (Å²) < 4.78 is 34.4. The number of benzene rings is 2. The third kappa shape index (κ3) is 3.58. The molecule has 31 heavy (non-hydrogen) atoms. The van der Waals surface area contributed by atoms with E-state index in [1.54, 1.807) is 6.92 Å². The fourth-order valence-corrected chi connectivity index (χ4v) is 4.82. The molecule has 0 spiro atoms. The molecular formula is C24H23F2NO4. The number of aromatic nitrogens is 1. The summed E-state index contributed by atoms with van der Waals surface area (Å²) >= 11 is 0. The van der Waals surface area contributed by atoms with Crippen LogP contribution < -0.4 is 4.74 Å². The highest BCUT2D eigenvalue weighted by molar-refractivity contribution is 6.05. The number of hydrogen-bond acceptors (Lipinski definition) is 3. The molecule has 5 nitrogen and oxygen atoms in total. The summed E-state index contributed by atoms with van der Waals surface area (Å²) in [6.07, 6.45) is 3.48. The van der Waals surface area contributed by atoms with E-state index >= 15 is 0 Å². The van der Waals surface area contributed by atoms with Gasteiger partial charge in [0.2, 0.25) is 0 Å². The lowest BCUT2D eigenvalue weighted by molar-refractivity contribution is -0.140. The van der Waals surface area contributed by atoms with Crippen LogP contribution in [0.1, 0.15) is 53.2 Å². The van der Waals surface area contributed by atoms with Gasteiger partial charge in [-0.2, -0.15) is 0 Å². The largest absolute Gasteiger partial charge is 0.494 e. The van der Waals surface area contributed by atoms with Gasteiger partial charge in [0.15, 0.2) is 11.6 Å². The molecule has 1 aromatic heterocycles. The van der Waals surface area contributed by atoms with Crippen LogP contribution in [0.3, 0.4) is 0 Å². The molecule has 2 aromatic carbocycles. The molecule has 1 saturated carbocycles. The van der Waals surface area contributed by atoms with Crippen LogP contribution in [-0.2, 0) is 4.79 Å². The lowest BCUT2D eigenvalue weighted by atomic mass is 9.83. The topological polar surface area (TPSA) is 68.5 Å². The predicted molar refractivity (Wildman–Crippen MR) is 112 cm³/mol. The first kappa shape index (κ1) is 21.0. The van der Waals surface area contributed by atoms with Crippen LogP contribution in [0, 0.1) is 24.5 Å². The number of nitrogens with zero attached hydrogens (tertiary/aromatic N) is 1. The molecule has 1 unspecified atom stereocenters. The lowest BCUT2D eigenvalue weighted by Gasteiger charge is -2.20. The number of ether oxygens (including phenoxy) is 1. The fraction of sp³-hybridized carbons (Fsp3) is 0.333. The van der Waals surface area contributed by atoms with Gasteiger partial charge in [0.05, 0.1) is 18.5 Å². The summed E-state index contributed by atoms with van der Waals surface area (Å²) in [7, 11) is 1.34. The first-order valence-electron chi connectivity index (χ1n) is 10.2. The Morgan fingerprint density at radius 2 is 1.77 bits per heavy atom. The van der Waals surface area contributed by atoms with Crippen LogP contribution >= 0.6 is 0 Å². The molecule has 162 valence electrons. The van der Waals surface area contributed by atoms with E-state index < -0.39 is 29.4 Å². The van der Waals surface area contributed by atoms with Crippen molar-refractivity contribution in [2.45, 2.75) is 38.5 Å². The number of fused-ring (bicyclic) bond motifs is 1. The summed E-state index contributed by atoms with van der Waals surface area (Å²) in [4.78, 5) is 25.7. The summed E-state index contributed by atoms with van der Waals surface area (Å²) in [5.41, 5.74) is 1.43. The van der Waals surface area contributed by atoms with Gasteiger partial charge in [0.1, 0.15) is 5.82 Å². The van der Waals surface area contributed by atoms with Gasteiger partial charge in [0, 0.05) is 22.7 Å². The molecule has 7 heteroatoms. The number of carboxylic acids is 1. The Hall–Kier alpha value is -3.22. The number of aliphatic carboxylic acids is 1. The van der Waals surface area contributed by atoms with E-state index in [0.717, 1.165) is 25.7 Å². The summed E-state index contributed by atoms with van der Waals surface area (Å²) in [5.74, 6) is -3.47. The molecule has 0 saturated heterocycles. The molecule has 0 amide bonds. The quantitative estimate of drug-likeness (QED) is 0.601. The monoisotopic (exact) mass is 427 g/mol. The number of carbonyl (C=O) groups excluding carboxylic acids is 1. The van der Waals surface area contributed by atoms with Crippen molar-refractivity contribution in [2.24, 2.45) is 5.92 Å². The summed E-state index contributed by atoms with van der Waals surface area (Å²) in [6, 6.07) is 7.73. The molecule has 1 heterocycles. The molecule has 1 atom stereocenters. The van der Waals surface area contributed by atoms with Gasteiger partial charge in [-0.3, -0.25) is 14.2 Å². The second-order valence-electron chi connectivity index (χ2n) is 8.01. The van der Waals surface area contributed by atoms with E-state index in [9.17, 15) is 23.5 Å². The molecule has 1 N–H and O–H groups in total. The molecule has 0 radical (unpaired) electrons. The highest BCUT2D eigenvalue weighted by atomic mass is 19.1. The fourth-order valence-electron chi connectivity index (χ4n) is 4.82. The maximum Gasteiger partial charge on any atom is 0.311 e. The summed E-state index contributed by atoms with van der Waals surface area (Å²) in [6.45, 7) is 1.67. The minimum atomic E-state index is -0.966. The van der Waals surface area contributed by atoms with Crippen LogP contribution in [0.4, 0.5) is 8.78 Å². The molecule has 0 bridgehead atoms. The van der Waals surface area contributed by atoms with Gasteiger partial charge >= 0.3 is 5.97 Å². The standard InChI is InChI=1S/C24H23F2NO4/c1-13-21(22(24(29)30)14-5-3-4-6-14)17-11-20(31-2)18(26)12-19(17)27(13)23(28)15-7-9-16(25)10-8-15/h7-12,14,22H,3-6H2,1-2H3,(H,29,30). The van der Waals surface area contributed by atoms with Gasteiger partial charge in [-0.15, -0.1) is 0 Å². The zero-order chi connectivity index (χ0) is 22.3. The Morgan fingerprint density at radius 3 is 2.35 bits per heavy atom. The van der Waals surface area contributed by atoms with Gasteiger partial charge in [-0.05, 0) is 61.6 Å². The van der Waals surface area contributed by atoms with Crippen molar-refractivity contribution < 1.29 is 28.2 Å². The Balaban J connectivity index is 1.99. The third-order valence-electron chi connectivity index (χ3n) is 6.27. The molecule has 0 aliphatic heterocycles. The highest BCUT2D eigenvalue weighted by Crippen LogP contribution is 2.43. The van der Waals surface area contributed by atoms with Crippen molar-refractivity contribution in [2.75, 3.05) is 7.11 Å². The second-order valence-corrected chi connectivity index (χ2v) is 8.01. The number of methoxy groups -OCH3 is 1. The minimum Gasteiger partial charge on any atom is -0.494 e. The number of rotatable bonds is 5. The van der Waals surface area contributed by atoms with Crippen LogP contribution in [0.15, 0.2) is 36.4 Å². The van der Waals surface area contributed by atoms with Gasteiger partial charge < -0.3 is 9.84 Å². The predicted octanol–water partition coefficient (Wildman–Crippen LogP) is 5.28. The highest BCUT2D eigenvalue weighted by Gasteiger charge is 2.37. The van der Waals surface area contributed by atoms with Gasteiger partial charge in [-0.1, -0.05) is 12.8 Å². The van der Waals surface area contributed by atoms with Crippen molar-refractivity contribution in [1.82, 2.24) is 4.57 Å². The zero-order valence-corrected chi connectivity index (χ0v) is 17.3. The Kier molecular flexibility index (Phi) is 5.52. The van der Waals surface area contributed by atoms with Crippen molar-refractivity contribution in [3.8, 4) is 5.75 Å². The number of hydrogen-bond donors (Lipinski definition) is 1. The number of carboxylic acid groups (broad SMARTS) is 1. The minimum absolute atomic E-state index is 0.0179. The van der Waals surface area contributed by atoms with Crippen molar-refractivity contribution in [3.63, 3.8) is 0 Å². The van der Waals surface area contributed by atoms with E-state index in [-0.39, 0.29) is 22.7 Å². The average Bonchev–Trinajstić information content (AvgIpc) is 3.35. The molecule has 3 aromatic rings. The van der Waals surface area contributed by atoms with Crippen molar-refractivity contribution in [3.05, 3.63) is 64.9 Å². The third-order valence-corrected chi connectivity index (χ3v) is 6.27. The molecule has 1 aliphatic carbocycles. The maximum atomic E-state index is 14.6. The summed E-state index contributed by atoms with van der Waals surface area (Å²) in [5, 5.41) is 10.6. The normalized spacial score (nSPS) is 15.4. The van der Waals surface area contributed by atoms with Crippen LogP contribution in [0.2, 0.25) is 0 Å². The van der Waals surface area contributed by atoms with Gasteiger partial charge in [-0.25, -0.2) is 8.78 Å². The first-order valence-corrected chi connectivity index (χ1v) is 10.2.